The maximum atomic E-state index is 13.5. The molecule has 0 saturated carbocycles. The molecule has 10 nitrogen and oxygen atoms in total. The van der Waals surface area contributed by atoms with Crippen LogP contribution in [0.15, 0.2) is 76.6 Å². The van der Waals surface area contributed by atoms with Crippen LogP contribution in [0, 0.1) is 10.1 Å². The second-order valence-electron chi connectivity index (χ2n) is 9.71. The zero-order valence-electron chi connectivity index (χ0n) is 21.9. The Bertz CT molecular complexity index is 1790. The fourth-order valence-electron chi connectivity index (χ4n) is 4.99. The van der Waals surface area contributed by atoms with E-state index in [9.17, 15) is 24.8 Å². The second kappa shape index (κ2) is 11.2. The fourth-order valence-corrected chi connectivity index (χ4v) is 7.14. The Hall–Kier alpha value is -4.26. The first-order chi connectivity index (χ1) is 20.2. The summed E-state index contributed by atoms with van der Waals surface area (Å²) in [5.74, 6) is -1.07. The van der Waals surface area contributed by atoms with Crippen molar-refractivity contribution >= 4 is 63.0 Å². The van der Waals surface area contributed by atoms with Gasteiger partial charge in [-0.15, -0.1) is 10.2 Å². The van der Waals surface area contributed by atoms with Gasteiger partial charge in [0.2, 0.25) is 5.13 Å². The van der Waals surface area contributed by atoms with Crippen LogP contribution in [0.25, 0.3) is 5.76 Å². The number of halogens is 1. The summed E-state index contributed by atoms with van der Waals surface area (Å²) in [6.45, 7) is 1.93. The Labute approximate surface area is 252 Å². The van der Waals surface area contributed by atoms with Crippen LogP contribution in [-0.2, 0) is 21.8 Å². The van der Waals surface area contributed by atoms with Gasteiger partial charge in [0.1, 0.15) is 17.6 Å². The van der Waals surface area contributed by atoms with Gasteiger partial charge in [-0.05, 0) is 47.9 Å². The normalized spacial score (nSPS) is 19.1. The molecule has 3 aromatic carbocycles. The fraction of sp³-hybridized carbons (Fsp3) is 0.172. The van der Waals surface area contributed by atoms with Crippen molar-refractivity contribution in [2.24, 2.45) is 0 Å². The van der Waals surface area contributed by atoms with Gasteiger partial charge in [-0.3, -0.25) is 24.6 Å². The van der Waals surface area contributed by atoms with Crippen LogP contribution in [0.2, 0.25) is 5.02 Å². The number of benzene rings is 3. The van der Waals surface area contributed by atoms with Crippen molar-refractivity contribution in [2.75, 3.05) is 4.90 Å². The van der Waals surface area contributed by atoms with Gasteiger partial charge in [0.05, 0.1) is 16.5 Å². The first-order valence-electron chi connectivity index (χ1n) is 12.8. The monoisotopic (exact) mass is 620 g/mol. The van der Waals surface area contributed by atoms with Gasteiger partial charge in [0, 0.05) is 34.9 Å². The van der Waals surface area contributed by atoms with Crippen molar-refractivity contribution in [3.63, 3.8) is 0 Å². The number of carbonyl (C=O) groups is 2. The van der Waals surface area contributed by atoms with E-state index in [1.165, 1.54) is 30.0 Å². The minimum atomic E-state index is -1.18. The number of nitro benzene ring substituents is 1. The largest absolute Gasteiger partial charge is 0.507 e. The lowest BCUT2D eigenvalue weighted by Crippen LogP contribution is -2.29. The maximum Gasteiger partial charge on any atom is 0.301 e. The van der Waals surface area contributed by atoms with Gasteiger partial charge in [0.15, 0.2) is 4.34 Å². The smallest absolute Gasteiger partial charge is 0.301 e. The SMILES string of the molecule is CC1Cc2cc(/C(O)=C3\C(=O)C(=O)N(c4nnc(SCc5ccccc5Cl)s4)C3c3cccc([N+](=O)[O-])c3)ccc2O1. The molecular weight excluding hydrogens is 600 g/mol. The minimum absolute atomic E-state index is 0.0322. The number of nitro groups is 1. The van der Waals surface area contributed by atoms with Gasteiger partial charge in [-0.2, -0.15) is 0 Å². The molecule has 0 aliphatic carbocycles. The lowest BCUT2D eigenvalue weighted by molar-refractivity contribution is -0.384. The molecule has 1 N–H and O–H groups in total. The molecule has 0 bridgehead atoms. The minimum Gasteiger partial charge on any atom is -0.507 e. The topological polar surface area (TPSA) is 136 Å². The van der Waals surface area contributed by atoms with Crippen molar-refractivity contribution in [3.8, 4) is 5.75 Å². The van der Waals surface area contributed by atoms with E-state index in [0.29, 0.717) is 32.8 Å². The summed E-state index contributed by atoms with van der Waals surface area (Å²) in [6.07, 6.45) is 0.591. The predicted octanol–water partition coefficient (Wildman–Crippen LogP) is 6.34. The number of amides is 1. The van der Waals surface area contributed by atoms with Crippen LogP contribution in [0.4, 0.5) is 10.8 Å². The Morgan fingerprint density at radius 2 is 1.98 bits per heavy atom. The van der Waals surface area contributed by atoms with Crippen molar-refractivity contribution in [3.05, 3.63) is 110 Å². The lowest BCUT2D eigenvalue weighted by Gasteiger charge is -2.22. The van der Waals surface area contributed by atoms with Gasteiger partial charge >= 0.3 is 5.91 Å². The number of Topliss-reactive ketones (excluding diaryl/α,β-unsaturated/α-hetero) is 1. The van der Waals surface area contributed by atoms with Crippen LogP contribution in [0.3, 0.4) is 0 Å². The van der Waals surface area contributed by atoms with Crippen molar-refractivity contribution < 1.29 is 24.4 Å². The van der Waals surface area contributed by atoms with E-state index in [4.69, 9.17) is 16.3 Å². The van der Waals surface area contributed by atoms with Crippen molar-refractivity contribution in [2.45, 2.75) is 35.6 Å². The highest BCUT2D eigenvalue weighted by Gasteiger charge is 2.48. The number of aliphatic hydroxyl groups is 1. The maximum absolute atomic E-state index is 13.5. The van der Waals surface area contributed by atoms with Crippen LogP contribution in [0.1, 0.15) is 35.2 Å². The van der Waals surface area contributed by atoms with Crippen LogP contribution in [-0.4, -0.2) is 38.0 Å². The molecule has 1 saturated heterocycles. The molecule has 3 heterocycles. The molecule has 6 rings (SSSR count). The van der Waals surface area contributed by atoms with E-state index in [1.807, 2.05) is 25.1 Å². The highest BCUT2D eigenvalue weighted by molar-refractivity contribution is 8.00. The average Bonchev–Trinajstić information content (AvgIpc) is 3.67. The van der Waals surface area contributed by atoms with Gasteiger partial charge in [-0.25, -0.2) is 0 Å². The van der Waals surface area contributed by atoms with Gasteiger partial charge in [-0.1, -0.05) is 65.0 Å². The predicted molar refractivity (Wildman–Crippen MR) is 159 cm³/mol. The van der Waals surface area contributed by atoms with Crippen molar-refractivity contribution in [1.82, 2.24) is 10.2 Å². The van der Waals surface area contributed by atoms with E-state index in [-0.39, 0.29) is 28.1 Å². The molecule has 4 aromatic rings. The summed E-state index contributed by atoms with van der Waals surface area (Å²) in [4.78, 5) is 39.2. The summed E-state index contributed by atoms with van der Waals surface area (Å²) < 4.78 is 6.27. The third-order valence-corrected chi connectivity index (χ3v) is 9.39. The number of anilines is 1. The number of rotatable bonds is 7. The molecule has 13 heteroatoms. The summed E-state index contributed by atoms with van der Waals surface area (Å²) in [5.41, 5.74) is 1.92. The Morgan fingerprint density at radius 1 is 1.17 bits per heavy atom. The lowest BCUT2D eigenvalue weighted by atomic mass is 9.94. The highest BCUT2D eigenvalue weighted by atomic mass is 35.5. The van der Waals surface area contributed by atoms with Crippen LogP contribution >= 0.6 is 34.7 Å². The molecule has 42 heavy (non-hydrogen) atoms. The zero-order chi connectivity index (χ0) is 29.5. The first kappa shape index (κ1) is 27.9. The van der Waals surface area contributed by atoms with Gasteiger partial charge in [0.25, 0.3) is 11.5 Å². The molecule has 1 aromatic heterocycles. The summed E-state index contributed by atoms with van der Waals surface area (Å²) in [5, 5.41) is 32.2. The molecule has 2 atom stereocenters. The van der Waals surface area contributed by atoms with Gasteiger partial charge < -0.3 is 9.84 Å². The second-order valence-corrected chi connectivity index (χ2v) is 12.3. The Kier molecular flexibility index (Phi) is 7.43. The Morgan fingerprint density at radius 3 is 2.76 bits per heavy atom. The van der Waals surface area contributed by atoms with E-state index in [1.54, 1.807) is 30.3 Å². The van der Waals surface area contributed by atoms with E-state index in [0.717, 1.165) is 27.4 Å². The molecule has 0 radical (unpaired) electrons. The number of aliphatic hydroxyl groups excluding tert-OH is 1. The number of nitrogens with zero attached hydrogens (tertiary/aromatic N) is 4. The number of aromatic nitrogens is 2. The average molecular weight is 621 g/mol. The third kappa shape index (κ3) is 5.13. The highest BCUT2D eigenvalue weighted by Crippen LogP contribution is 2.45. The van der Waals surface area contributed by atoms with E-state index in [2.05, 4.69) is 10.2 Å². The standard InChI is InChI=1S/C29H21ClN4O6S2/c1-15-11-19-12-17(9-10-22(19)40-15)25(35)23-24(16-6-4-7-20(13-16)34(38)39)33(27(37)26(23)36)28-31-32-29(42-28)41-14-18-5-2-3-8-21(18)30/h2-10,12-13,15,24,35H,11,14H2,1H3/b25-23+. The van der Waals surface area contributed by atoms with Crippen LogP contribution < -0.4 is 9.64 Å². The quantitative estimate of drug-likeness (QED) is 0.0477. The van der Waals surface area contributed by atoms with E-state index < -0.39 is 28.4 Å². The summed E-state index contributed by atoms with van der Waals surface area (Å²) in [6, 6.07) is 16.9. The number of carbonyl (C=O) groups excluding carboxylic acids is 2. The van der Waals surface area contributed by atoms with Crippen LogP contribution in [0.5, 0.6) is 5.75 Å². The number of hydrogen-bond acceptors (Lipinski definition) is 10. The molecule has 2 aliphatic heterocycles. The molecule has 0 spiro atoms. The number of hydrogen-bond donors (Lipinski definition) is 1. The number of ketones is 1. The van der Waals surface area contributed by atoms with Crippen molar-refractivity contribution in [1.29, 1.82) is 0 Å². The molecule has 2 aliphatic rings. The number of ether oxygens (including phenoxy) is 1. The molecule has 1 fully saturated rings. The first-order valence-corrected chi connectivity index (χ1v) is 14.9. The number of fused-ring (bicyclic) bond motifs is 1. The third-order valence-electron chi connectivity index (χ3n) is 6.92. The zero-order valence-corrected chi connectivity index (χ0v) is 24.3. The summed E-state index contributed by atoms with van der Waals surface area (Å²) in [7, 11) is 0. The molecular formula is C29H21ClN4O6S2. The number of thioether (sulfide) groups is 1. The molecule has 1 amide bonds. The summed E-state index contributed by atoms with van der Waals surface area (Å²) >= 11 is 8.73. The molecule has 212 valence electrons. The number of non-ortho nitro benzene ring substituents is 1. The molecule has 2 unspecified atom stereocenters. The van der Waals surface area contributed by atoms with E-state index >= 15 is 0 Å². The Balaban J connectivity index is 1.42.